The van der Waals surface area contributed by atoms with E-state index >= 15 is 0 Å². The Hall–Kier alpha value is -2.59. The van der Waals surface area contributed by atoms with Gasteiger partial charge in [-0.1, -0.05) is 41.9 Å². The van der Waals surface area contributed by atoms with Gasteiger partial charge in [0.05, 0.1) is 22.6 Å². The molecule has 0 aliphatic heterocycles. The van der Waals surface area contributed by atoms with E-state index in [1.807, 2.05) is 35.0 Å². The zero-order valence-electron chi connectivity index (χ0n) is 11.7. The fourth-order valence-corrected chi connectivity index (χ4v) is 2.45. The summed E-state index contributed by atoms with van der Waals surface area (Å²) >= 11 is 6.04. The monoisotopic (exact) mass is 311 g/mol. The van der Waals surface area contributed by atoms with Crippen molar-refractivity contribution in [1.29, 1.82) is 0 Å². The van der Waals surface area contributed by atoms with Gasteiger partial charge in [-0.15, -0.1) is 0 Å². The first-order chi connectivity index (χ1) is 10.8. The highest BCUT2D eigenvalue weighted by molar-refractivity contribution is 6.33. The van der Waals surface area contributed by atoms with E-state index in [9.17, 15) is 4.79 Å². The second-order valence-corrected chi connectivity index (χ2v) is 5.17. The summed E-state index contributed by atoms with van der Waals surface area (Å²) in [5.74, 6) is -0.189. The Bertz CT molecular complexity index is 784. The Morgan fingerprint density at radius 1 is 1.14 bits per heavy atom. The van der Waals surface area contributed by atoms with Gasteiger partial charge < -0.3 is 9.88 Å². The quantitative estimate of drug-likeness (QED) is 0.802. The third-order valence-corrected chi connectivity index (χ3v) is 3.66. The van der Waals surface area contributed by atoms with E-state index in [2.05, 4.69) is 10.3 Å². The van der Waals surface area contributed by atoms with Crippen molar-refractivity contribution >= 4 is 17.5 Å². The van der Waals surface area contributed by atoms with Gasteiger partial charge in [-0.05, 0) is 23.8 Å². The molecule has 0 aliphatic rings. The van der Waals surface area contributed by atoms with Crippen LogP contribution in [0.3, 0.4) is 0 Å². The maximum Gasteiger partial charge on any atom is 0.253 e. The number of nitrogens with zero attached hydrogens (tertiary/aromatic N) is 2. The van der Waals surface area contributed by atoms with Gasteiger partial charge in [-0.25, -0.2) is 4.98 Å². The van der Waals surface area contributed by atoms with E-state index in [0.29, 0.717) is 17.1 Å². The van der Waals surface area contributed by atoms with Crippen molar-refractivity contribution in [2.24, 2.45) is 0 Å². The molecule has 1 N–H and O–H groups in total. The zero-order valence-corrected chi connectivity index (χ0v) is 12.5. The highest BCUT2D eigenvalue weighted by atomic mass is 35.5. The van der Waals surface area contributed by atoms with Crippen molar-refractivity contribution in [3.63, 3.8) is 0 Å². The lowest BCUT2D eigenvalue weighted by Crippen LogP contribution is -2.23. The molecule has 3 aromatic rings. The van der Waals surface area contributed by atoms with Crippen LogP contribution in [-0.2, 0) is 6.54 Å². The molecule has 0 aliphatic carbocycles. The van der Waals surface area contributed by atoms with Crippen LogP contribution in [0.2, 0.25) is 5.02 Å². The summed E-state index contributed by atoms with van der Waals surface area (Å²) in [5.41, 5.74) is 2.46. The lowest BCUT2D eigenvalue weighted by Gasteiger charge is -2.11. The number of rotatable bonds is 4. The molecule has 1 amide bonds. The number of hydrogen-bond donors (Lipinski definition) is 1. The molecule has 0 unspecified atom stereocenters. The first-order valence-electron chi connectivity index (χ1n) is 6.84. The number of hydrogen-bond acceptors (Lipinski definition) is 2. The predicted molar refractivity (Wildman–Crippen MR) is 86.2 cm³/mol. The number of nitrogens with one attached hydrogen (secondary N) is 1. The van der Waals surface area contributed by atoms with Crippen molar-refractivity contribution in [2.45, 2.75) is 6.54 Å². The molecule has 0 saturated heterocycles. The molecular formula is C17H14ClN3O. The molecule has 0 fully saturated rings. The van der Waals surface area contributed by atoms with E-state index < -0.39 is 0 Å². The molecule has 0 atom stereocenters. The number of para-hydroxylation sites is 1. The van der Waals surface area contributed by atoms with Crippen LogP contribution >= 0.6 is 11.6 Å². The minimum Gasteiger partial charge on any atom is -0.348 e. The second-order valence-electron chi connectivity index (χ2n) is 4.76. The first kappa shape index (κ1) is 14.4. The van der Waals surface area contributed by atoms with Crippen molar-refractivity contribution in [3.05, 3.63) is 83.4 Å². The normalized spacial score (nSPS) is 10.4. The van der Waals surface area contributed by atoms with Gasteiger partial charge in [-0.2, -0.15) is 0 Å². The van der Waals surface area contributed by atoms with Crippen LogP contribution in [0, 0.1) is 0 Å². The maximum absolute atomic E-state index is 12.2. The van der Waals surface area contributed by atoms with Crippen LogP contribution < -0.4 is 5.32 Å². The third-order valence-electron chi connectivity index (χ3n) is 3.33. The van der Waals surface area contributed by atoms with Crippen molar-refractivity contribution in [3.8, 4) is 5.69 Å². The summed E-state index contributed by atoms with van der Waals surface area (Å²) in [5, 5.41) is 3.35. The summed E-state index contributed by atoms with van der Waals surface area (Å²) in [6, 6.07) is 14.9. The number of halogens is 1. The van der Waals surface area contributed by atoms with Crippen molar-refractivity contribution in [2.75, 3.05) is 0 Å². The standard InChI is InChI=1S/C17H14ClN3O/c18-15-7-3-2-6-14(15)17(22)20-11-13-5-1-4-8-16(13)21-10-9-19-12-21/h1-10,12H,11H2,(H,20,22). The highest BCUT2D eigenvalue weighted by Gasteiger charge is 2.10. The summed E-state index contributed by atoms with van der Waals surface area (Å²) in [4.78, 5) is 16.3. The molecule has 4 nitrogen and oxygen atoms in total. The molecule has 0 radical (unpaired) electrons. The van der Waals surface area contributed by atoms with E-state index in [-0.39, 0.29) is 5.91 Å². The van der Waals surface area contributed by atoms with Gasteiger partial charge in [-0.3, -0.25) is 4.79 Å². The maximum atomic E-state index is 12.2. The SMILES string of the molecule is O=C(NCc1ccccc1-n1ccnc1)c1ccccc1Cl. The summed E-state index contributed by atoms with van der Waals surface area (Å²) in [6.07, 6.45) is 5.32. The lowest BCUT2D eigenvalue weighted by atomic mass is 10.1. The largest absolute Gasteiger partial charge is 0.348 e. The van der Waals surface area contributed by atoms with Crippen molar-refractivity contribution < 1.29 is 4.79 Å². The number of amides is 1. The number of aromatic nitrogens is 2. The number of carbonyl (C=O) groups is 1. The summed E-state index contributed by atoms with van der Waals surface area (Å²) < 4.78 is 1.91. The van der Waals surface area contributed by atoms with E-state index in [1.165, 1.54) is 0 Å². The van der Waals surface area contributed by atoms with Crippen LogP contribution in [0.1, 0.15) is 15.9 Å². The Balaban J connectivity index is 1.78. The molecule has 0 spiro atoms. The van der Waals surface area contributed by atoms with Gasteiger partial charge in [0.2, 0.25) is 0 Å². The average molecular weight is 312 g/mol. The zero-order chi connectivity index (χ0) is 15.4. The average Bonchev–Trinajstić information content (AvgIpc) is 3.07. The summed E-state index contributed by atoms with van der Waals surface area (Å²) in [7, 11) is 0. The minimum atomic E-state index is -0.189. The predicted octanol–water partition coefficient (Wildman–Crippen LogP) is 3.46. The lowest BCUT2D eigenvalue weighted by molar-refractivity contribution is 0.0951. The van der Waals surface area contributed by atoms with Gasteiger partial charge in [0, 0.05) is 18.9 Å². The van der Waals surface area contributed by atoms with Gasteiger partial charge in [0.25, 0.3) is 5.91 Å². The van der Waals surface area contributed by atoms with Crippen LogP contribution in [0.4, 0.5) is 0 Å². The molecule has 1 heterocycles. The third kappa shape index (κ3) is 3.02. The van der Waals surface area contributed by atoms with Gasteiger partial charge in [0.15, 0.2) is 0 Å². The Kier molecular flexibility index (Phi) is 4.21. The van der Waals surface area contributed by atoms with Crippen LogP contribution in [-0.4, -0.2) is 15.5 Å². The smallest absolute Gasteiger partial charge is 0.253 e. The topological polar surface area (TPSA) is 46.9 Å². The van der Waals surface area contributed by atoms with Crippen molar-refractivity contribution in [1.82, 2.24) is 14.9 Å². The number of benzene rings is 2. The van der Waals surface area contributed by atoms with Crippen LogP contribution in [0.5, 0.6) is 0 Å². The minimum absolute atomic E-state index is 0.189. The molecule has 0 bridgehead atoms. The number of imidazole rings is 1. The fraction of sp³-hybridized carbons (Fsp3) is 0.0588. The molecule has 5 heteroatoms. The van der Waals surface area contributed by atoms with Gasteiger partial charge in [0.1, 0.15) is 0 Å². The molecule has 0 saturated carbocycles. The molecular weight excluding hydrogens is 298 g/mol. The molecule has 3 rings (SSSR count). The molecule has 110 valence electrons. The van der Waals surface area contributed by atoms with Gasteiger partial charge >= 0.3 is 0 Å². The first-order valence-corrected chi connectivity index (χ1v) is 7.22. The Morgan fingerprint density at radius 3 is 2.68 bits per heavy atom. The highest BCUT2D eigenvalue weighted by Crippen LogP contribution is 2.16. The second kappa shape index (κ2) is 6.45. The van der Waals surface area contributed by atoms with Crippen LogP contribution in [0.15, 0.2) is 67.3 Å². The van der Waals surface area contributed by atoms with E-state index in [0.717, 1.165) is 11.3 Å². The molecule has 2 aromatic carbocycles. The fourth-order valence-electron chi connectivity index (χ4n) is 2.23. The summed E-state index contributed by atoms with van der Waals surface area (Å²) in [6.45, 7) is 0.415. The molecule has 22 heavy (non-hydrogen) atoms. The Morgan fingerprint density at radius 2 is 1.91 bits per heavy atom. The number of carbonyl (C=O) groups excluding carboxylic acids is 1. The Labute approximate surface area is 133 Å². The van der Waals surface area contributed by atoms with Crippen LogP contribution in [0.25, 0.3) is 5.69 Å². The van der Waals surface area contributed by atoms with E-state index in [4.69, 9.17) is 11.6 Å². The molecule has 1 aromatic heterocycles. The van der Waals surface area contributed by atoms with E-state index in [1.54, 1.807) is 36.8 Å².